The Balaban J connectivity index is 1.75. The number of thiazole rings is 1. The molecule has 2 heterocycles. The molecule has 0 aromatic carbocycles. The predicted molar refractivity (Wildman–Crippen MR) is 109 cm³/mol. The Morgan fingerprint density at radius 2 is 2.08 bits per heavy atom. The summed E-state index contributed by atoms with van der Waals surface area (Å²) in [5, 5.41) is 8.17. The van der Waals surface area contributed by atoms with Crippen molar-refractivity contribution in [1.29, 1.82) is 0 Å². The van der Waals surface area contributed by atoms with E-state index in [0.29, 0.717) is 6.04 Å². The summed E-state index contributed by atoms with van der Waals surface area (Å²) < 4.78 is 0. The minimum atomic E-state index is 0.604. The second kappa shape index (κ2) is 10.8. The van der Waals surface area contributed by atoms with Gasteiger partial charge in [-0.3, -0.25) is 9.89 Å². The van der Waals surface area contributed by atoms with E-state index in [0.717, 1.165) is 37.8 Å². The van der Waals surface area contributed by atoms with Crippen LogP contribution in [0.3, 0.4) is 0 Å². The zero-order valence-electron chi connectivity index (χ0n) is 16.3. The van der Waals surface area contributed by atoms with Gasteiger partial charge in [0, 0.05) is 43.7 Å². The fourth-order valence-electron chi connectivity index (χ4n) is 3.36. The molecule has 0 aliphatic carbocycles. The van der Waals surface area contributed by atoms with Crippen molar-refractivity contribution in [2.24, 2.45) is 10.9 Å². The van der Waals surface area contributed by atoms with Crippen LogP contribution in [0.15, 0.2) is 11.2 Å². The molecule has 1 aromatic rings. The summed E-state index contributed by atoms with van der Waals surface area (Å²) in [5.41, 5.74) is 0. The molecule has 1 aliphatic rings. The van der Waals surface area contributed by atoms with E-state index in [4.69, 9.17) is 0 Å². The molecule has 5 nitrogen and oxygen atoms in total. The lowest BCUT2D eigenvalue weighted by atomic mass is 10.0. The van der Waals surface area contributed by atoms with Crippen molar-refractivity contribution in [3.05, 3.63) is 16.1 Å². The van der Waals surface area contributed by atoms with E-state index in [-0.39, 0.29) is 0 Å². The highest BCUT2D eigenvalue weighted by atomic mass is 32.1. The largest absolute Gasteiger partial charge is 0.356 e. The van der Waals surface area contributed by atoms with Crippen molar-refractivity contribution >= 4 is 17.3 Å². The highest BCUT2D eigenvalue weighted by molar-refractivity contribution is 7.11. The molecule has 2 rings (SSSR count). The Morgan fingerprint density at radius 3 is 2.68 bits per heavy atom. The molecule has 0 radical (unpaired) electrons. The van der Waals surface area contributed by atoms with Crippen LogP contribution in [-0.4, -0.2) is 55.1 Å². The minimum Gasteiger partial charge on any atom is -0.356 e. The van der Waals surface area contributed by atoms with Gasteiger partial charge in [-0.05, 0) is 44.7 Å². The van der Waals surface area contributed by atoms with Crippen LogP contribution >= 0.6 is 11.3 Å². The van der Waals surface area contributed by atoms with E-state index in [2.05, 4.69) is 46.3 Å². The number of hydrogen-bond acceptors (Lipinski definition) is 4. The smallest absolute Gasteiger partial charge is 0.191 e. The molecule has 1 atom stereocenters. The van der Waals surface area contributed by atoms with Crippen molar-refractivity contribution in [2.75, 3.05) is 33.2 Å². The molecular formula is C19H35N5S. The molecule has 1 unspecified atom stereocenters. The van der Waals surface area contributed by atoms with Gasteiger partial charge in [-0.15, -0.1) is 11.3 Å². The van der Waals surface area contributed by atoms with Crippen molar-refractivity contribution in [1.82, 2.24) is 20.5 Å². The Morgan fingerprint density at radius 1 is 1.32 bits per heavy atom. The molecule has 0 bridgehead atoms. The summed E-state index contributed by atoms with van der Waals surface area (Å²) in [5.74, 6) is 1.63. The van der Waals surface area contributed by atoms with Gasteiger partial charge in [-0.2, -0.15) is 0 Å². The number of aryl methyl sites for hydroxylation is 1. The van der Waals surface area contributed by atoms with Crippen LogP contribution in [-0.2, 0) is 12.8 Å². The Bertz CT molecular complexity index is 520. The van der Waals surface area contributed by atoms with Crippen molar-refractivity contribution in [2.45, 2.75) is 58.9 Å². The molecular weight excluding hydrogens is 330 g/mol. The third-order valence-electron chi connectivity index (χ3n) is 4.71. The molecule has 2 N–H and O–H groups in total. The molecule has 1 fully saturated rings. The standard InChI is InChI=1S/C19H35N5S/c1-5-17-14-22-18(25-17)8-9-21-19(20-4)23-13-16(12-15(2)3)24-10-6-7-11-24/h14-16H,5-13H2,1-4H3,(H2,20,21,23). The van der Waals surface area contributed by atoms with Gasteiger partial charge in [-0.1, -0.05) is 20.8 Å². The van der Waals surface area contributed by atoms with Crippen LogP contribution in [0.25, 0.3) is 0 Å². The number of likely N-dealkylation sites (tertiary alicyclic amines) is 1. The molecule has 1 aliphatic heterocycles. The van der Waals surface area contributed by atoms with Crippen LogP contribution in [0, 0.1) is 5.92 Å². The third-order valence-corrected chi connectivity index (χ3v) is 5.91. The van der Waals surface area contributed by atoms with E-state index < -0.39 is 0 Å². The second-order valence-electron chi connectivity index (χ2n) is 7.23. The Labute approximate surface area is 157 Å². The lowest BCUT2D eigenvalue weighted by Gasteiger charge is -2.29. The Kier molecular flexibility index (Phi) is 8.68. The molecule has 1 aromatic heterocycles. The first-order valence-corrected chi connectivity index (χ1v) is 10.6. The van der Waals surface area contributed by atoms with E-state index in [1.807, 2.05) is 24.6 Å². The first-order chi connectivity index (χ1) is 12.1. The van der Waals surface area contributed by atoms with Gasteiger partial charge in [0.1, 0.15) is 0 Å². The highest BCUT2D eigenvalue weighted by Gasteiger charge is 2.22. The summed E-state index contributed by atoms with van der Waals surface area (Å²) in [6.45, 7) is 11.1. The van der Waals surface area contributed by atoms with Gasteiger partial charge in [0.05, 0.1) is 5.01 Å². The molecule has 0 amide bonds. The average molecular weight is 366 g/mol. The monoisotopic (exact) mass is 365 g/mol. The van der Waals surface area contributed by atoms with Crippen LogP contribution in [0.5, 0.6) is 0 Å². The fraction of sp³-hybridized carbons (Fsp3) is 0.789. The van der Waals surface area contributed by atoms with Crippen molar-refractivity contribution in [3.8, 4) is 0 Å². The zero-order chi connectivity index (χ0) is 18.1. The SMILES string of the molecule is CCc1cnc(CCNC(=NC)NCC(CC(C)C)N2CCCC2)s1. The molecule has 1 saturated heterocycles. The predicted octanol–water partition coefficient (Wildman–Crippen LogP) is 2.92. The summed E-state index contributed by atoms with van der Waals surface area (Å²) in [6.07, 6.45) is 7.95. The fourth-order valence-corrected chi connectivity index (χ4v) is 4.22. The zero-order valence-corrected chi connectivity index (χ0v) is 17.2. The van der Waals surface area contributed by atoms with E-state index in [1.54, 1.807) is 0 Å². The molecule has 6 heteroatoms. The first kappa shape index (κ1) is 20.2. The molecule has 0 spiro atoms. The van der Waals surface area contributed by atoms with Crippen LogP contribution < -0.4 is 10.6 Å². The summed E-state index contributed by atoms with van der Waals surface area (Å²) in [6, 6.07) is 0.604. The lowest BCUT2D eigenvalue weighted by molar-refractivity contribution is 0.213. The molecule has 25 heavy (non-hydrogen) atoms. The van der Waals surface area contributed by atoms with E-state index in [1.165, 1.54) is 42.2 Å². The van der Waals surface area contributed by atoms with Gasteiger partial charge in [0.15, 0.2) is 5.96 Å². The highest BCUT2D eigenvalue weighted by Crippen LogP contribution is 2.17. The lowest BCUT2D eigenvalue weighted by Crippen LogP contribution is -2.47. The number of rotatable bonds is 9. The maximum absolute atomic E-state index is 4.48. The van der Waals surface area contributed by atoms with Gasteiger partial charge >= 0.3 is 0 Å². The second-order valence-corrected chi connectivity index (χ2v) is 8.43. The van der Waals surface area contributed by atoms with Crippen LogP contribution in [0.2, 0.25) is 0 Å². The maximum atomic E-state index is 4.48. The summed E-state index contributed by atoms with van der Waals surface area (Å²) in [4.78, 5) is 12.9. The number of aromatic nitrogens is 1. The summed E-state index contributed by atoms with van der Waals surface area (Å²) in [7, 11) is 1.85. The Hall–Kier alpha value is -1.14. The maximum Gasteiger partial charge on any atom is 0.191 e. The minimum absolute atomic E-state index is 0.604. The van der Waals surface area contributed by atoms with Crippen LogP contribution in [0.4, 0.5) is 0 Å². The van der Waals surface area contributed by atoms with Crippen molar-refractivity contribution in [3.63, 3.8) is 0 Å². The van der Waals surface area contributed by atoms with Crippen LogP contribution in [0.1, 0.15) is 49.9 Å². The van der Waals surface area contributed by atoms with E-state index in [9.17, 15) is 0 Å². The number of guanidine groups is 1. The van der Waals surface area contributed by atoms with Crippen molar-refractivity contribution < 1.29 is 0 Å². The molecule has 0 saturated carbocycles. The summed E-state index contributed by atoms with van der Waals surface area (Å²) >= 11 is 1.82. The topological polar surface area (TPSA) is 52.6 Å². The van der Waals surface area contributed by atoms with Gasteiger partial charge < -0.3 is 10.6 Å². The quantitative estimate of drug-likeness (QED) is 0.522. The number of nitrogens with one attached hydrogen (secondary N) is 2. The molecule has 142 valence electrons. The normalized spacial score (nSPS) is 17.2. The number of aliphatic imine (C=N–C) groups is 1. The first-order valence-electron chi connectivity index (χ1n) is 9.74. The third kappa shape index (κ3) is 6.94. The van der Waals surface area contributed by atoms with Gasteiger partial charge in [-0.25, -0.2) is 4.98 Å². The van der Waals surface area contributed by atoms with Gasteiger partial charge in [0.25, 0.3) is 0 Å². The van der Waals surface area contributed by atoms with Gasteiger partial charge in [0.2, 0.25) is 0 Å². The average Bonchev–Trinajstić information content (AvgIpc) is 3.27. The number of nitrogens with zero attached hydrogens (tertiary/aromatic N) is 3. The van der Waals surface area contributed by atoms with E-state index >= 15 is 0 Å². The number of hydrogen-bond donors (Lipinski definition) is 2.